The Labute approximate surface area is 164 Å². The second-order valence-electron chi connectivity index (χ2n) is 9.62. The highest BCUT2D eigenvalue weighted by atomic mass is 16.5. The summed E-state index contributed by atoms with van der Waals surface area (Å²) in [4.78, 5) is 27.5. The first kappa shape index (κ1) is 17.0. The van der Waals surface area contributed by atoms with Crippen LogP contribution in [-0.4, -0.2) is 58.3 Å². The average molecular weight is 384 g/mol. The largest absolute Gasteiger partial charge is 0.369 e. The Morgan fingerprint density at radius 1 is 1.29 bits per heavy atom. The number of aromatic nitrogens is 2. The standard InChI is InChI=1S/C21H28N4O3/c1-11-17(18(24-23-11)12-2-3-12)20(27)25-9-15-14(8-22-19(26)13-4-5-13)16-6-7-21(15,10-25)28-16/h12-16H,2-10H2,1H3,(H,22,26)(H,23,24)/t14-,15+,16+,21+/m0/s1. The van der Waals surface area contributed by atoms with E-state index in [2.05, 4.69) is 15.5 Å². The molecule has 28 heavy (non-hydrogen) atoms. The lowest BCUT2D eigenvalue weighted by Gasteiger charge is -2.29. The number of amides is 2. The molecule has 2 saturated carbocycles. The van der Waals surface area contributed by atoms with Crippen LogP contribution >= 0.6 is 0 Å². The van der Waals surface area contributed by atoms with Crippen LogP contribution in [0.2, 0.25) is 0 Å². The number of ether oxygens (including phenoxy) is 1. The van der Waals surface area contributed by atoms with Crippen LogP contribution in [0.5, 0.6) is 0 Å². The number of hydrogen-bond acceptors (Lipinski definition) is 4. The summed E-state index contributed by atoms with van der Waals surface area (Å²) in [5, 5.41) is 10.6. The van der Waals surface area contributed by atoms with Crippen molar-refractivity contribution < 1.29 is 14.3 Å². The minimum absolute atomic E-state index is 0.102. The molecule has 2 bridgehead atoms. The van der Waals surface area contributed by atoms with Crippen LogP contribution in [0.15, 0.2) is 0 Å². The van der Waals surface area contributed by atoms with Crippen molar-refractivity contribution in [2.45, 2.75) is 63.1 Å². The van der Waals surface area contributed by atoms with Crippen molar-refractivity contribution in [1.29, 1.82) is 0 Å². The summed E-state index contributed by atoms with van der Waals surface area (Å²) in [7, 11) is 0. The van der Waals surface area contributed by atoms with Gasteiger partial charge in [-0.2, -0.15) is 5.10 Å². The van der Waals surface area contributed by atoms with Crippen LogP contribution in [0.4, 0.5) is 0 Å². The molecule has 4 atom stereocenters. The van der Waals surface area contributed by atoms with Crippen molar-refractivity contribution in [2.75, 3.05) is 19.6 Å². The summed E-state index contributed by atoms with van der Waals surface area (Å²) in [5.74, 6) is 1.63. The Balaban J connectivity index is 1.20. The van der Waals surface area contributed by atoms with E-state index in [0.29, 0.717) is 30.8 Å². The number of hydrogen-bond donors (Lipinski definition) is 2. The highest BCUT2D eigenvalue weighted by Crippen LogP contribution is 2.55. The van der Waals surface area contributed by atoms with E-state index in [1.54, 1.807) is 0 Å². The lowest BCUT2D eigenvalue weighted by Crippen LogP contribution is -2.42. The maximum atomic E-state index is 13.4. The highest BCUT2D eigenvalue weighted by molar-refractivity contribution is 5.97. The normalized spacial score (nSPS) is 36.0. The van der Waals surface area contributed by atoms with Crippen LogP contribution in [0, 0.1) is 24.7 Å². The third kappa shape index (κ3) is 2.48. The molecule has 1 aromatic rings. The Morgan fingerprint density at radius 2 is 2.11 bits per heavy atom. The molecule has 2 amide bonds. The molecule has 3 saturated heterocycles. The van der Waals surface area contributed by atoms with Crippen molar-refractivity contribution in [1.82, 2.24) is 20.4 Å². The molecule has 0 aromatic carbocycles. The predicted molar refractivity (Wildman–Crippen MR) is 101 cm³/mol. The molecular weight excluding hydrogens is 356 g/mol. The second kappa shape index (κ2) is 5.81. The molecule has 0 unspecified atom stereocenters. The van der Waals surface area contributed by atoms with E-state index in [-0.39, 0.29) is 29.4 Å². The smallest absolute Gasteiger partial charge is 0.257 e. The van der Waals surface area contributed by atoms with Gasteiger partial charge in [0.05, 0.1) is 29.5 Å². The van der Waals surface area contributed by atoms with E-state index in [1.165, 1.54) is 0 Å². The molecule has 5 fully saturated rings. The van der Waals surface area contributed by atoms with Gasteiger partial charge in [0.2, 0.25) is 5.91 Å². The van der Waals surface area contributed by atoms with Crippen LogP contribution in [-0.2, 0) is 9.53 Å². The molecule has 0 radical (unpaired) electrons. The van der Waals surface area contributed by atoms with E-state index in [1.807, 2.05) is 11.8 Å². The van der Waals surface area contributed by atoms with Crippen LogP contribution in [0.1, 0.15) is 66.2 Å². The van der Waals surface area contributed by atoms with Gasteiger partial charge in [0.1, 0.15) is 0 Å². The maximum absolute atomic E-state index is 13.4. The number of nitrogens with zero attached hydrogens (tertiary/aromatic N) is 2. The summed E-state index contributed by atoms with van der Waals surface area (Å²) in [6.45, 7) is 4.04. The van der Waals surface area contributed by atoms with E-state index in [4.69, 9.17) is 4.74 Å². The topological polar surface area (TPSA) is 87.3 Å². The minimum Gasteiger partial charge on any atom is -0.369 e. The average Bonchev–Trinajstić information content (AvgIpc) is 3.58. The van der Waals surface area contributed by atoms with Crippen molar-refractivity contribution >= 4 is 11.8 Å². The van der Waals surface area contributed by atoms with Crippen molar-refractivity contribution in [3.05, 3.63) is 17.0 Å². The molecule has 3 aliphatic heterocycles. The Bertz CT molecular complexity index is 843. The number of carbonyl (C=O) groups is 2. The molecule has 4 heterocycles. The molecule has 6 rings (SSSR count). The van der Waals surface area contributed by atoms with Gasteiger partial charge < -0.3 is 15.0 Å². The number of aromatic amines is 1. The SMILES string of the molecule is Cc1[nH]nc(C2CC2)c1C(=O)N1C[C@@H]2[C@H](CNC(=O)C3CC3)[C@H]3CC[C@]2(C1)O3. The van der Waals surface area contributed by atoms with Gasteiger partial charge in [-0.15, -0.1) is 0 Å². The third-order valence-corrected chi connectivity index (χ3v) is 7.68. The first-order chi connectivity index (χ1) is 13.6. The first-order valence-corrected chi connectivity index (χ1v) is 10.9. The fourth-order valence-electron chi connectivity index (χ4n) is 5.85. The summed E-state index contributed by atoms with van der Waals surface area (Å²) in [6.07, 6.45) is 6.62. The maximum Gasteiger partial charge on any atom is 0.257 e. The third-order valence-electron chi connectivity index (χ3n) is 7.68. The van der Waals surface area contributed by atoms with Gasteiger partial charge in [-0.1, -0.05) is 0 Å². The van der Waals surface area contributed by atoms with Crippen molar-refractivity contribution in [3.63, 3.8) is 0 Å². The summed E-state index contributed by atoms with van der Waals surface area (Å²) >= 11 is 0. The van der Waals surface area contributed by atoms with E-state index >= 15 is 0 Å². The quantitative estimate of drug-likeness (QED) is 0.810. The molecule has 1 aromatic heterocycles. The zero-order valence-corrected chi connectivity index (χ0v) is 16.4. The lowest BCUT2D eigenvalue weighted by atomic mass is 9.73. The lowest BCUT2D eigenvalue weighted by molar-refractivity contribution is -0.122. The van der Waals surface area contributed by atoms with Crippen molar-refractivity contribution in [3.8, 4) is 0 Å². The zero-order chi connectivity index (χ0) is 19.0. The van der Waals surface area contributed by atoms with Gasteiger partial charge in [0.25, 0.3) is 5.91 Å². The van der Waals surface area contributed by atoms with Gasteiger partial charge in [0.15, 0.2) is 0 Å². The van der Waals surface area contributed by atoms with Gasteiger partial charge in [-0.25, -0.2) is 0 Å². The number of aryl methyl sites for hydroxylation is 1. The molecule has 1 spiro atoms. The summed E-state index contributed by atoms with van der Waals surface area (Å²) in [5.41, 5.74) is 2.41. The molecule has 7 heteroatoms. The fraction of sp³-hybridized carbons (Fsp3) is 0.762. The summed E-state index contributed by atoms with van der Waals surface area (Å²) in [6, 6.07) is 0. The van der Waals surface area contributed by atoms with Gasteiger partial charge in [0, 0.05) is 42.5 Å². The number of H-pyrrole nitrogens is 1. The molecule has 5 aliphatic rings. The Hall–Kier alpha value is -1.89. The number of rotatable bonds is 5. The predicted octanol–water partition coefficient (Wildman–Crippen LogP) is 1.74. The van der Waals surface area contributed by atoms with Gasteiger partial charge >= 0.3 is 0 Å². The number of fused-ring (bicyclic) bond motifs is 1. The first-order valence-electron chi connectivity index (χ1n) is 10.9. The summed E-state index contributed by atoms with van der Waals surface area (Å²) < 4.78 is 6.45. The number of likely N-dealkylation sites (tertiary alicyclic amines) is 1. The monoisotopic (exact) mass is 384 g/mol. The molecule has 7 nitrogen and oxygen atoms in total. The van der Waals surface area contributed by atoms with Crippen LogP contribution < -0.4 is 5.32 Å². The van der Waals surface area contributed by atoms with E-state index in [0.717, 1.165) is 62.0 Å². The fourth-order valence-corrected chi connectivity index (χ4v) is 5.85. The highest BCUT2D eigenvalue weighted by Gasteiger charge is 2.63. The molecule has 2 N–H and O–H groups in total. The molecular formula is C21H28N4O3. The second-order valence-corrected chi connectivity index (χ2v) is 9.62. The minimum atomic E-state index is -0.202. The van der Waals surface area contributed by atoms with Gasteiger partial charge in [-0.3, -0.25) is 14.7 Å². The number of carbonyl (C=O) groups excluding carboxylic acids is 2. The molecule has 2 aliphatic carbocycles. The van der Waals surface area contributed by atoms with Crippen LogP contribution in [0.3, 0.4) is 0 Å². The van der Waals surface area contributed by atoms with Crippen LogP contribution in [0.25, 0.3) is 0 Å². The Morgan fingerprint density at radius 3 is 2.86 bits per heavy atom. The van der Waals surface area contributed by atoms with E-state index < -0.39 is 0 Å². The van der Waals surface area contributed by atoms with Gasteiger partial charge in [-0.05, 0) is 45.4 Å². The number of nitrogens with one attached hydrogen (secondary N) is 2. The zero-order valence-electron chi connectivity index (χ0n) is 16.4. The van der Waals surface area contributed by atoms with E-state index in [9.17, 15) is 9.59 Å². The Kier molecular flexibility index (Phi) is 3.53. The molecule has 150 valence electrons. The van der Waals surface area contributed by atoms with Crippen molar-refractivity contribution in [2.24, 2.45) is 17.8 Å².